The molecule has 0 fully saturated rings. The van der Waals surface area contributed by atoms with Crippen molar-refractivity contribution < 1.29 is 0 Å². The monoisotopic (exact) mass is 175 g/mol. The molecule has 0 unspecified atom stereocenters. The largest absolute Gasteiger partial charge is 0.369 e. The van der Waals surface area contributed by atoms with Crippen LogP contribution in [0.1, 0.15) is 20.8 Å². The highest BCUT2D eigenvalue weighted by atomic mass is 35.5. The van der Waals surface area contributed by atoms with Crippen LogP contribution >= 0.6 is 12.4 Å². The van der Waals surface area contributed by atoms with Gasteiger partial charge in [0.15, 0.2) is 0 Å². The summed E-state index contributed by atoms with van der Waals surface area (Å²) in [4.78, 5) is 3.92. The molecule has 0 aromatic carbocycles. The van der Waals surface area contributed by atoms with Crippen molar-refractivity contribution in [3.8, 4) is 0 Å². The second-order valence-electron chi connectivity index (χ2n) is 3.33. The minimum absolute atomic E-state index is 0. The summed E-state index contributed by atoms with van der Waals surface area (Å²) >= 11 is 0. The molecule has 2 N–H and O–H groups in total. The molecule has 0 saturated carbocycles. The maximum absolute atomic E-state index is 5.58. The van der Waals surface area contributed by atoms with Crippen molar-refractivity contribution in [3.63, 3.8) is 0 Å². The Labute approximate surface area is 73.0 Å². The van der Waals surface area contributed by atoms with Crippen molar-refractivity contribution in [2.24, 2.45) is 0 Å². The zero-order valence-corrected chi connectivity index (χ0v) is 7.85. The number of imidazole rings is 1. The Morgan fingerprint density at radius 2 is 2.00 bits per heavy atom. The molecule has 1 rings (SSSR count). The Bertz CT molecular complexity index is 224. The minimum atomic E-state index is 0. The molecule has 0 aliphatic heterocycles. The summed E-state index contributed by atoms with van der Waals surface area (Å²) in [6, 6.07) is 0. The van der Waals surface area contributed by atoms with E-state index < -0.39 is 0 Å². The molecule has 0 radical (unpaired) electrons. The number of hydrogen-bond donors (Lipinski definition) is 1. The van der Waals surface area contributed by atoms with Gasteiger partial charge in [0.2, 0.25) is 5.95 Å². The summed E-state index contributed by atoms with van der Waals surface area (Å²) in [5.74, 6) is 0.576. The van der Waals surface area contributed by atoms with Gasteiger partial charge in [-0.3, -0.25) is 0 Å². The van der Waals surface area contributed by atoms with E-state index in [1.54, 1.807) is 6.20 Å². The highest BCUT2D eigenvalue weighted by molar-refractivity contribution is 5.85. The van der Waals surface area contributed by atoms with Crippen molar-refractivity contribution in [1.29, 1.82) is 0 Å². The molecule has 0 aliphatic rings. The highest BCUT2D eigenvalue weighted by Gasteiger charge is 2.13. The zero-order valence-electron chi connectivity index (χ0n) is 7.03. The van der Waals surface area contributed by atoms with E-state index in [1.807, 2.05) is 10.8 Å². The number of rotatable bonds is 0. The quantitative estimate of drug-likeness (QED) is 0.652. The Balaban J connectivity index is 0.000001000. The third-order valence-electron chi connectivity index (χ3n) is 1.39. The first-order chi connectivity index (χ1) is 4.52. The van der Waals surface area contributed by atoms with Gasteiger partial charge >= 0.3 is 0 Å². The number of anilines is 1. The predicted octanol–water partition coefficient (Wildman–Crippen LogP) is 1.64. The van der Waals surface area contributed by atoms with Crippen LogP contribution in [0.2, 0.25) is 0 Å². The lowest BCUT2D eigenvalue weighted by molar-refractivity contribution is 0.403. The fourth-order valence-corrected chi connectivity index (χ4v) is 0.882. The lowest BCUT2D eigenvalue weighted by Crippen LogP contribution is -2.22. The zero-order chi connectivity index (χ0) is 7.78. The van der Waals surface area contributed by atoms with E-state index in [4.69, 9.17) is 5.73 Å². The first kappa shape index (κ1) is 10.3. The van der Waals surface area contributed by atoms with Gasteiger partial charge in [0, 0.05) is 17.9 Å². The Morgan fingerprint density at radius 3 is 2.18 bits per heavy atom. The van der Waals surface area contributed by atoms with Crippen LogP contribution in [0.5, 0.6) is 0 Å². The number of nitrogens with two attached hydrogens (primary N) is 1. The molecule has 0 spiro atoms. The predicted molar refractivity (Wildman–Crippen MR) is 48.9 cm³/mol. The van der Waals surface area contributed by atoms with Crippen molar-refractivity contribution >= 4 is 18.4 Å². The molecule has 0 bridgehead atoms. The normalized spacial score (nSPS) is 10.8. The van der Waals surface area contributed by atoms with E-state index in [9.17, 15) is 0 Å². The van der Waals surface area contributed by atoms with Crippen LogP contribution in [0.25, 0.3) is 0 Å². The van der Waals surface area contributed by atoms with E-state index in [1.165, 1.54) is 0 Å². The van der Waals surface area contributed by atoms with Gasteiger partial charge in [0.05, 0.1) is 0 Å². The third-order valence-corrected chi connectivity index (χ3v) is 1.39. The molecule has 4 heteroatoms. The second kappa shape index (κ2) is 3.13. The van der Waals surface area contributed by atoms with Crippen LogP contribution in [0, 0.1) is 0 Å². The van der Waals surface area contributed by atoms with E-state index in [2.05, 4.69) is 25.8 Å². The summed E-state index contributed by atoms with van der Waals surface area (Å²) < 4.78 is 1.94. The lowest BCUT2D eigenvalue weighted by Gasteiger charge is -2.21. The Kier molecular flexibility index (Phi) is 2.93. The van der Waals surface area contributed by atoms with Gasteiger partial charge in [-0.05, 0) is 20.8 Å². The molecule has 3 nitrogen and oxygen atoms in total. The van der Waals surface area contributed by atoms with Crippen LogP contribution in [0.3, 0.4) is 0 Å². The fraction of sp³-hybridized carbons (Fsp3) is 0.571. The second-order valence-corrected chi connectivity index (χ2v) is 3.33. The van der Waals surface area contributed by atoms with Crippen molar-refractivity contribution in [2.75, 3.05) is 5.73 Å². The van der Waals surface area contributed by atoms with E-state index in [0.29, 0.717) is 5.95 Å². The molecule has 64 valence electrons. The SMILES string of the molecule is CC(C)(C)n1ccnc1N.Cl. The maximum Gasteiger partial charge on any atom is 0.200 e. The van der Waals surface area contributed by atoms with Crippen molar-refractivity contribution in [1.82, 2.24) is 9.55 Å². The standard InChI is InChI=1S/C7H13N3.ClH/c1-7(2,3)10-5-4-9-6(10)8;/h4-5H,1-3H3,(H2,8,9);1H. The molecule has 0 amide bonds. The van der Waals surface area contributed by atoms with Gasteiger partial charge in [-0.1, -0.05) is 0 Å². The van der Waals surface area contributed by atoms with Crippen molar-refractivity contribution in [2.45, 2.75) is 26.3 Å². The number of nitrogens with zero attached hydrogens (tertiary/aromatic N) is 2. The molecule has 1 aromatic rings. The first-order valence-corrected chi connectivity index (χ1v) is 3.31. The summed E-state index contributed by atoms with van der Waals surface area (Å²) in [6.07, 6.45) is 3.59. The molecule has 1 aromatic heterocycles. The van der Waals surface area contributed by atoms with Crippen LogP contribution in [0.15, 0.2) is 12.4 Å². The number of aromatic nitrogens is 2. The molecule has 1 heterocycles. The lowest BCUT2D eigenvalue weighted by atomic mass is 10.1. The average molecular weight is 176 g/mol. The van der Waals surface area contributed by atoms with E-state index in [-0.39, 0.29) is 17.9 Å². The van der Waals surface area contributed by atoms with Crippen LogP contribution in [-0.2, 0) is 5.54 Å². The highest BCUT2D eigenvalue weighted by Crippen LogP contribution is 2.16. The fourth-order valence-electron chi connectivity index (χ4n) is 0.882. The third kappa shape index (κ3) is 2.12. The molecular weight excluding hydrogens is 162 g/mol. The van der Waals surface area contributed by atoms with Crippen LogP contribution in [-0.4, -0.2) is 9.55 Å². The maximum atomic E-state index is 5.58. The molecular formula is C7H14ClN3. The minimum Gasteiger partial charge on any atom is -0.369 e. The van der Waals surface area contributed by atoms with Crippen LogP contribution in [0.4, 0.5) is 5.95 Å². The van der Waals surface area contributed by atoms with Gasteiger partial charge in [-0.15, -0.1) is 12.4 Å². The average Bonchev–Trinajstić information content (AvgIpc) is 2.11. The summed E-state index contributed by atoms with van der Waals surface area (Å²) in [7, 11) is 0. The Hall–Kier alpha value is -0.700. The van der Waals surface area contributed by atoms with Gasteiger partial charge in [-0.25, -0.2) is 4.98 Å². The Morgan fingerprint density at radius 1 is 1.45 bits per heavy atom. The van der Waals surface area contributed by atoms with Gasteiger partial charge < -0.3 is 10.3 Å². The summed E-state index contributed by atoms with van der Waals surface area (Å²) in [5, 5.41) is 0. The molecule has 0 atom stereocenters. The van der Waals surface area contributed by atoms with Gasteiger partial charge in [-0.2, -0.15) is 0 Å². The molecule has 0 aliphatic carbocycles. The van der Waals surface area contributed by atoms with Gasteiger partial charge in [0.25, 0.3) is 0 Å². The summed E-state index contributed by atoms with van der Waals surface area (Å²) in [6.45, 7) is 6.26. The van der Waals surface area contributed by atoms with Crippen LogP contribution < -0.4 is 5.73 Å². The van der Waals surface area contributed by atoms with E-state index in [0.717, 1.165) is 0 Å². The number of halogens is 1. The topological polar surface area (TPSA) is 43.8 Å². The smallest absolute Gasteiger partial charge is 0.200 e. The van der Waals surface area contributed by atoms with Crippen molar-refractivity contribution in [3.05, 3.63) is 12.4 Å². The number of hydrogen-bond acceptors (Lipinski definition) is 2. The van der Waals surface area contributed by atoms with Gasteiger partial charge in [0.1, 0.15) is 0 Å². The summed E-state index contributed by atoms with van der Waals surface area (Å²) in [5.41, 5.74) is 5.62. The van der Waals surface area contributed by atoms with E-state index >= 15 is 0 Å². The number of nitrogen functional groups attached to an aromatic ring is 1. The molecule has 0 saturated heterocycles. The molecule has 11 heavy (non-hydrogen) atoms. The first-order valence-electron chi connectivity index (χ1n) is 3.31.